The van der Waals surface area contributed by atoms with Crippen LogP contribution in [-0.2, 0) is 22.6 Å². The van der Waals surface area contributed by atoms with E-state index >= 15 is 0 Å². The average Bonchev–Trinajstić information content (AvgIpc) is 2.36. The van der Waals surface area contributed by atoms with Gasteiger partial charge in [-0.1, -0.05) is 31.2 Å². The van der Waals surface area contributed by atoms with Gasteiger partial charge in [0.2, 0.25) is 5.91 Å². The number of carbonyl (C=O) groups is 2. The maximum Gasteiger partial charge on any atom is 0.303 e. The predicted molar refractivity (Wildman–Crippen MR) is 69.2 cm³/mol. The molecule has 0 aliphatic carbocycles. The number of benzene rings is 1. The molecule has 4 nitrogen and oxygen atoms in total. The first-order valence-electron chi connectivity index (χ1n) is 6.06. The molecule has 0 aliphatic rings. The van der Waals surface area contributed by atoms with Crippen LogP contribution in [0.15, 0.2) is 24.3 Å². The largest absolute Gasteiger partial charge is 0.481 e. The Morgan fingerprint density at radius 1 is 1.11 bits per heavy atom. The molecule has 0 atom stereocenters. The zero-order valence-electron chi connectivity index (χ0n) is 10.8. The zero-order valence-corrected chi connectivity index (χ0v) is 10.8. The van der Waals surface area contributed by atoms with E-state index in [4.69, 9.17) is 5.11 Å². The number of nitrogens with zero attached hydrogens (tertiary/aromatic N) is 1. The van der Waals surface area contributed by atoms with Crippen LogP contribution in [0.2, 0.25) is 0 Å². The molecule has 4 heteroatoms. The molecule has 0 spiro atoms. The summed E-state index contributed by atoms with van der Waals surface area (Å²) < 4.78 is 0. The van der Waals surface area contributed by atoms with Gasteiger partial charge in [-0.15, -0.1) is 0 Å². The van der Waals surface area contributed by atoms with E-state index in [0.717, 1.165) is 12.0 Å². The highest BCUT2D eigenvalue weighted by molar-refractivity contribution is 5.80. The topological polar surface area (TPSA) is 57.6 Å². The third-order valence-corrected chi connectivity index (χ3v) is 2.83. The highest BCUT2D eigenvalue weighted by Gasteiger charge is 2.10. The molecule has 0 aliphatic heterocycles. The quantitative estimate of drug-likeness (QED) is 0.839. The van der Waals surface area contributed by atoms with Crippen molar-refractivity contribution in [2.45, 2.75) is 32.7 Å². The Morgan fingerprint density at radius 2 is 1.67 bits per heavy atom. The molecule has 1 amide bonds. The fraction of sp³-hybridized carbons (Fsp3) is 0.429. The Labute approximate surface area is 107 Å². The fourth-order valence-electron chi connectivity index (χ4n) is 1.65. The van der Waals surface area contributed by atoms with Crippen LogP contribution in [0.4, 0.5) is 0 Å². The molecule has 1 N–H and O–H groups in total. The van der Waals surface area contributed by atoms with Gasteiger partial charge in [-0.05, 0) is 17.5 Å². The Kier molecular flexibility index (Phi) is 5.36. The van der Waals surface area contributed by atoms with E-state index in [0.29, 0.717) is 6.54 Å². The van der Waals surface area contributed by atoms with E-state index < -0.39 is 5.97 Å². The number of aliphatic carboxylic acids is 1. The Balaban J connectivity index is 2.49. The molecular weight excluding hydrogens is 230 g/mol. The minimum Gasteiger partial charge on any atom is -0.481 e. The number of hydrogen-bond acceptors (Lipinski definition) is 2. The molecule has 98 valence electrons. The van der Waals surface area contributed by atoms with Gasteiger partial charge in [-0.2, -0.15) is 0 Å². The standard InChI is InChI=1S/C14H19NO3/c1-3-11-4-6-12(7-5-11)10-15(2)13(16)8-9-14(17)18/h4-7H,3,8-10H2,1-2H3,(H,17,18). The summed E-state index contributed by atoms with van der Waals surface area (Å²) in [5.41, 5.74) is 2.32. The zero-order chi connectivity index (χ0) is 13.5. The van der Waals surface area contributed by atoms with Gasteiger partial charge in [0.25, 0.3) is 0 Å². The van der Waals surface area contributed by atoms with Gasteiger partial charge in [0.1, 0.15) is 0 Å². The van der Waals surface area contributed by atoms with Crippen LogP contribution < -0.4 is 0 Å². The molecule has 0 heterocycles. The van der Waals surface area contributed by atoms with E-state index in [2.05, 4.69) is 6.92 Å². The van der Waals surface area contributed by atoms with Crippen molar-refractivity contribution in [1.29, 1.82) is 0 Å². The molecule has 0 radical (unpaired) electrons. The van der Waals surface area contributed by atoms with E-state index in [1.807, 2.05) is 24.3 Å². The lowest BCUT2D eigenvalue weighted by Crippen LogP contribution is -2.26. The van der Waals surface area contributed by atoms with Crippen molar-refractivity contribution in [2.24, 2.45) is 0 Å². The minimum absolute atomic E-state index is 0.0544. The highest BCUT2D eigenvalue weighted by Crippen LogP contribution is 2.08. The van der Waals surface area contributed by atoms with Gasteiger partial charge in [0, 0.05) is 20.0 Å². The molecule has 0 saturated heterocycles. The monoisotopic (exact) mass is 249 g/mol. The maximum absolute atomic E-state index is 11.6. The van der Waals surface area contributed by atoms with E-state index in [-0.39, 0.29) is 18.7 Å². The van der Waals surface area contributed by atoms with Crippen molar-refractivity contribution in [2.75, 3.05) is 7.05 Å². The molecule has 0 unspecified atom stereocenters. The SMILES string of the molecule is CCc1ccc(CN(C)C(=O)CCC(=O)O)cc1. The van der Waals surface area contributed by atoms with Gasteiger partial charge in [0.05, 0.1) is 6.42 Å². The van der Waals surface area contributed by atoms with Crippen LogP contribution in [0.5, 0.6) is 0 Å². The van der Waals surface area contributed by atoms with Crippen molar-refractivity contribution in [3.63, 3.8) is 0 Å². The van der Waals surface area contributed by atoms with Crippen LogP contribution >= 0.6 is 0 Å². The first-order chi connectivity index (χ1) is 8.52. The summed E-state index contributed by atoms with van der Waals surface area (Å²) in [6.07, 6.45) is 0.935. The van der Waals surface area contributed by atoms with Gasteiger partial charge < -0.3 is 10.0 Å². The molecular formula is C14H19NO3. The van der Waals surface area contributed by atoms with Crippen molar-refractivity contribution in [3.05, 3.63) is 35.4 Å². The van der Waals surface area contributed by atoms with Crippen molar-refractivity contribution >= 4 is 11.9 Å². The van der Waals surface area contributed by atoms with Crippen LogP contribution in [0.3, 0.4) is 0 Å². The van der Waals surface area contributed by atoms with E-state index in [1.54, 1.807) is 11.9 Å². The maximum atomic E-state index is 11.6. The number of carbonyl (C=O) groups excluding carboxylic acids is 1. The summed E-state index contributed by atoms with van der Waals surface area (Å²) in [6, 6.07) is 8.09. The molecule has 1 aromatic carbocycles. The lowest BCUT2D eigenvalue weighted by Gasteiger charge is -2.17. The normalized spacial score (nSPS) is 10.1. The molecule has 18 heavy (non-hydrogen) atoms. The second-order valence-corrected chi connectivity index (χ2v) is 4.31. The van der Waals surface area contributed by atoms with Crippen LogP contribution in [0.25, 0.3) is 0 Å². The van der Waals surface area contributed by atoms with Crippen LogP contribution in [0, 0.1) is 0 Å². The Hall–Kier alpha value is -1.84. The number of hydrogen-bond donors (Lipinski definition) is 1. The number of carboxylic acids is 1. The third-order valence-electron chi connectivity index (χ3n) is 2.83. The summed E-state index contributed by atoms with van der Waals surface area (Å²) in [7, 11) is 1.69. The lowest BCUT2D eigenvalue weighted by atomic mass is 10.1. The molecule has 0 fully saturated rings. The first kappa shape index (κ1) is 14.2. The van der Waals surface area contributed by atoms with Gasteiger partial charge >= 0.3 is 5.97 Å². The smallest absolute Gasteiger partial charge is 0.303 e. The number of aryl methyl sites for hydroxylation is 1. The number of amides is 1. The Morgan fingerprint density at radius 3 is 2.17 bits per heavy atom. The van der Waals surface area contributed by atoms with Gasteiger partial charge in [-0.3, -0.25) is 9.59 Å². The van der Waals surface area contributed by atoms with Gasteiger partial charge in [-0.25, -0.2) is 0 Å². The summed E-state index contributed by atoms with van der Waals surface area (Å²) >= 11 is 0. The van der Waals surface area contributed by atoms with Crippen LogP contribution in [-0.4, -0.2) is 28.9 Å². The highest BCUT2D eigenvalue weighted by atomic mass is 16.4. The summed E-state index contributed by atoms with van der Waals surface area (Å²) in [4.78, 5) is 23.6. The van der Waals surface area contributed by atoms with E-state index in [1.165, 1.54) is 5.56 Å². The second-order valence-electron chi connectivity index (χ2n) is 4.31. The van der Waals surface area contributed by atoms with Gasteiger partial charge in [0.15, 0.2) is 0 Å². The second kappa shape index (κ2) is 6.79. The summed E-state index contributed by atoms with van der Waals surface area (Å²) in [5.74, 6) is -1.08. The average molecular weight is 249 g/mol. The molecule has 0 bridgehead atoms. The van der Waals surface area contributed by atoms with Crippen molar-refractivity contribution in [1.82, 2.24) is 4.90 Å². The fourth-order valence-corrected chi connectivity index (χ4v) is 1.65. The molecule has 0 saturated carbocycles. The van der Waals surface area contributed by atoms with Crippen molar-refractivity contribution in [3.8, 4) is 0 Å². The summed E-state index contributed by atoms with van der Waals surface area (Å²) in [6.45, 7) is 2.61. The lowest BCUT2D eigenvalue weighted by molar-refractivity contribution is -0.140. The van der Waals surface area contributed by atoms with Crippen molar-refractivity contribution < 1.29 is 14.7 Å². The molecule has 1 aromatic rings. The predicted octanol–water partition coefficient (Wildman–Crippen LogP) is 2.07. The summed E-state index contributed by atoms with van der Waals surface area (Å²) in [5, 5.41) is 8.52. The van der Waals surface area contributed by atoms with E-state index in [9.17, 15) is 9.59 Å². The van der Waals surface area contributed by atoms with Crippen LogP contribution in [0.1, 0.15) is 30.9 Å². The Bertz CT molecular complexity index is 412. The number of carboxylic acid groups (broad SMARTS) is 1. The third kappa shape index (κ3) is 4.57. The first-order valence-corrected chi connectivity index (χ1v) is 6.06. The number of rotatable bonds is 6. The molecule has 1 rings (SSSR count). The molecule has 0 aromatic heterocycles. The minimum atomic E-state index is -0.941.